The fraction of sp³-hybridized carbons (Fsp3) is 0.250. The van der Waals surface area contributed by atoms with E-state index in [9.17, 15) is 4.79 Å². The molecule has 0 bridgehead atoms. The second-order valence-corrected chi connectivity index (χ2v) is 2.27. The van der Waals surface area contributed by atoms with Crippen LogP contribution in [0.1, 0.15) is 17.4 Å². The first-order chi connectivity index (χ1) is 5.74. The quantitative estimate of drug-likeness (QED) is 0.708. The molecule has 0 aromatic carbocycles. The van der Waals surface area contributed by atoms with Crippen LogP contribution in [-0.2, 0) is 0 Å². The van der Waals surface area contributed by atoms with E-state index in [0.717, 1.165) is 12.2 Å². The van der Waals surface area contributed by atoms with Gasteiger partial charge >= 0.3 is 5.97 Å². The van der Waals surface area contributed by atoms with Gasteiger partial charge in [-0.1, -0.05) is 0 Å². The molecule has 12 heavy (non-hydrogen) atoms. The van der Waals surface area contributed by atoms with E-state index in [1.807, 2.05) is 6.92 Å². The van der Waals surface area contributed by atoms with Gasteiger partial charge in [-0.2, -0.15) is 0 Å². The third-order valence-corrected chi connectivity index (χ3v) is 1.36. The minimum Gasteiger partial charge on any atom is -0.477 e. The Morgan fingerprint density at radius 3 is 3.08 bits per heavy atom. The molecular formula is C8H10N2O2. The lowest BCUT2D eigenvalue weighted by Crippen LogP contribution is -2.02. The topological polar surface area (TPSA) is 62.2 Å². The summed E-state index contributed by atoms with van der Waals surface area (Å²) >= 11 is 0. The number of anilines is 1. The summed E-state index contributed by atoms with van der Waals surface area (Å²) in [6.45, 7) is 2.71. The molecule has 0 unspecified atom stereocenters. The standard InChI is InChI=1S/C8H10N2O2/c1-2-9-6-3-4-10-7(5-6)8(11)12/h3-5H,2H2,1H3,(H,9,10)(H,11,12). The van der Waals surface area contributed by atoms with Gasteiger partial charge < -0.3 is 10.4 Å². The van der Waals surface area contributed by atoms with Crippen molar-refractivity contribution in [1.29, 1.82) is 0 Å². The molecule has 0 saturated heterocycles. The molecule has 0 aliphatic rings. The number of hydrogen-bond donors (Lipinski definition) is 2. The largest absolute Gasteiger partial charge is 0.477 e. The summed E-state index contributed by atoms with van der Waals surface area (Å²) < 4.78 is 0. The Morgan fingerprint density at radius 2 is 2.50 bits per heavy atom. The number of rotatable bonds is 3. The Labute approximate surface area is 70.3 Å². The molecule has 1 aromatic rings. The lowest BCUT2D eigenvalue weighted by atomic mass is 10.3. The van der Waals surface area contributed by atoms with Gasteiger partial charge in [0.05, 0.1) is 0 Å². The van der Waals surface area contributed by atoms with Crippen molar-refractivity contribution >= 4 is 11.7 Å². The highest BCUT2D eigenvalue weighted by atomic mass is 16.4. The van der Waals surface area contributed by atoms with E-state index in [4.69, 9.17) is 5.11 Å². The van der Waals surface area contributed by atoms with Crippen LogP contribution in [-0.4, -0.2) is 22.6 Å². The van der Waals surface area contributed by atoms with Crippen molar-refractivity contribution < 1.29 is 9.90 Å². The Hall–Kier alpha value is -1.58. The van der Waals surface area contributed by atoms with Crippen molar-refractivity contribution in [3.05, 3.63) is 24.0 Å². The number of aromatic nitrogens is 1. The number of nitrogens with one attached hydrogen (secondary N) is 1. The highest BCUT2D eigenvalue weighted by Gasteiger charge is 2.03. The Balaban J connectivity index is 2.88. The molecule has 0 fully saturated rings. The lowest BCUT2D eigenvalue weighted by molar-refractivity contribution is 0.0690. The maximum atomic E-state index is 10.5. The number of carbonyl (C=O) groups is 1. The fourth-order valence-electron chi connectivity index (χ4n) is 0.862. The molecule has 0 radical (unpaired) electrons. The van der Waals surface area contributed by atoms with E-state index in [1.54, 1.807) is 6.07 Å². The van der Waals surface area contributed by atoms with Crippen LogP contribution in [0.5, 0.6) is 0 Å². The van der Waals surface area contributed by atoms with Crippen LogP contribution in [0.4, 0.5) is 5.69 Å². The minimum absolute atomic E-state index is 0.0634. The summed E-state index contributed by atoms with van der Waals surface area (Å²) in [7, 11) is 0. The molecular weight excluding hydrogens is 156 g/mol. The van der Waals surface area contributed by atoms with Crippen LogP contribution >= 0.6 is 0 Å². The van der Waals surface area contributed by atoms with Crippen molar-refractivity contribution in [2.24, 2.45) is 0 Å². The molecule has 0 amide bonds. The Bertz CT molecular complexity index is 286. The highest BCUT2D eigenvalue weighted by molar-refractivity contribution is 5.86. The first-order valence-electron chi connectivity index (χ1n) is 3.67. The van der Waals surface area contributed by atoms with Crippen molar-refractivity contribution in [2.45, 2.75) is 6.92 Å². The smallest absolute Gasteiger partial charge is 0.354 e. The zero-order valence-corrected chi connectivity index (χ0v) is 6.74. The molecule has 0 atom stereocenters. The molecule has 4 heteroatoms. The lowest BCUT2D eigenvalue weighted by Gasteiger charge is -2.01. The monoisotopic (exact) mass is 166 g/mol. The van der Waals surface area contributed by atoms with Gasteiger partial charge in [0.25, 0.3) is 0 Å². The third kappa shape index (κ3) is 1.95. The maximum Gasteiger partial charge on any atom is 0.354 e. The molecule has 2 N–H and O–H groups in total. The summed E-state index contributed by atoms with van der Waals surface area (Å²) in [5.74, 6) is -1.00. The maximum absolute atomic E-state index is 10.5. The summed E-state index contributed by atoms with van der Waals surface area (Å²) in [6.07, 6.45) is 1.47. The van der Waals surface area contributed by atoms with Crippen LogP contribution in [0.3, 0.4) is 0 Å². The van der Waals surface area contributed by atoms with Crippen LogP contribution in [0, 0.1) is 0 Å². The average molecular weight is 166 g/mol. The Kier molecular flexibility index (Phi) is 2.63. The van der Waals surface area contributed by atoms with Crippen molar-refractivity contribution in [3.8, 4) is 0 Å². The fourth-order valence-corrected chi connectivity index (χ4v) is 0.862. The first-order valence-corrected chi connectivity index (χ1v) is 3.67. The SMILES string of the molecule is CCNc1ccnc(C(=O)O)c1. The average Bonchev–Trinajstić information content (AvgIpc) is 2.05. The van der Waals surface area contributed by atoms with E-state index >= 15 is 0 Å². The zero-order chi connectivity index (χ0) is 8.97. The van der Waals surface area contributed by atoms with Gasteiger partial charge in [0.2, 0.25) is 0 Å². The van der Waals surface area contributed by atoms with Gasteiger partial charge in [-0.3, -0.25) is 0 Å². The molecule has 0 saturated carbocycles. The first kappa shape index (κ1) is 8.52. The molecule has 0 aliphatic heterocycles. The van der Waals surface area contributed by atoms with Crippen molar-refractivity contribution in [2.75, 3.05) is 11.9 Å². The van der Waals surface area contributed by atoms with Gasteiger partial charge in [-0.25, -0.2) is 9.78 Å². The summed E-state index contributed by atoms with van der Waals surface area (Å²) in [4.78, 5) is 14.1. The molecule has 0 spiro atoms. The molecule has 0 aliphatic carbocycles. The second kappa shape index (κ2) is 3.71. The van der Waals surface area contributed by atoms with E-state index < -0.39 is 5.97 Å². The summed E-state index contributed by atoms with van der Waals surface area (Å²) in [5, 5.41) is 11.6. The second-order valence-electron chi connectivity index (χ2n) is 2.27. The minimum atomic E-state index is -1.00. The van der Waals surface area contributed by atoms with Crippen molar-refractivity contribution in [3.63, 3.8) is 0 Å². The van der Waals surface area contributed by atoms with Crippen LogP contribution in [0.15, 0.2) is 18.3 Å². The summed E-state index contributed by atoms with van der Waals surface area (Å²) in [6, 6.07) is 3.24. The molecule has 4 nitrogen and oxygen atoms in total. The van der Waals surface area contributed by atoms with Crippen LogP contribution in [0.25, 0.3) is 0 Å². The third-order valence-electron chi connectivity index (χ3n) is 1.36. The van der Waals surface area contributed by atoms with Crippen LogP contribution < -0.4 is 5.32 Å². The number of aromatic carboxylic acids is 1. The molecule has 1 rings (SSSR count). The number of hydrogen-bond acceptors (Lipinski definition) is 3. The van der Waals surface area contributed by atoms with E-state index in [-0.39, 0.29) is 5.69 Å². The number of pyridine rings is 1. The van der Waals surface area contributed by atoms with Crippen LogP contribution in [0.2, 0.25) is 0 Å². The van der Waals surface area contributed by atoms with E-state index in [1.165, 1.54) is 12.3 Å². The number of carboxylic acids is 1. The summed E-state index contributed by atoms with van der Waals surface area (Å²) in [5.41, 5.74) is 0.846. The number of nitrogens with zero attached hydrogens (tertiary/aromatic N) is 1. The Morgan fingerprint density at radius 1 is 1.75 bits per heavy atom. The molecule has 64 valence electrons. The van der Waals surface area contributed by atoms with E-state index in [0.29, 0.717) is 0 Å². The highest BCUT2D eigenvalue weighted by Crippen LogP contribution is 2.06. The van der Waals surface area contributed by atoms with Gasteiger partial charge in [-0.05, 0) is 19.1 Å². The predicted molar refractivity (Wildman–Crippen MR) is 45.4 cm³/mol. The zero-order valence-electron chi connectivity index (χ0n) is 6.74. The normalized spacial score (nSPS) is 9.42. The molecule has 1 aromatic heterocycles. The van der Waals surface area contributed by atoms with Gasteiger partial charge in [-0.15, -0.1) is 0 Å². The molecule has 1 heterocycles. The van der Waals surface area contributed by atoms with Gasteiger partial charge in [0.15, 0.2) is 0 Å². The predicted octanol–water partition coefficient (Wildman–Crippen LogP) is 1.21. The van der Waals surface area contributed by atoms with Crippen molar-refractivity contribution in [1.82, 2.24) is 4.98 Å². The van der Waals surface area contributed by atoms with E-state index in [2.05, 4.69) is 10.3 Å². The number of carboxylic acid groups (broad SMARTS) is 1. The van der Waals surface area contributed by atoms with Gasteiger partial charge in [0, 0.05) is 18.4 Å². The van der Waals surface area contributed by atoms with Gasteiger partial charge in [0.1, 0.15) is 5.69 Å².